The Morgan fingerprint density at radius 3 is 2.32 bits per heavy atom. The summed E-state index contributed by atoms with van der Waals surface area (Å²) >= 11 is 0. The fourth-order valence-corrected chi connectivity index (χ4v) is 2.12. The molecule has 1 heterocycles. The predicted octanol–water partition coefficient (Wildman–Crippen LogP) is 1.51. The third-order valence-corrected chi connectivity index (χ3v) is 3.31. The van der Waals surface area contributed by atoms with Crippen molar-refractivity contribution < 1.29 is 4.39 Å². The lowest BCUT2D eigenvalue weighted by Gasteiger charge is -2.11. The van der Waals surface area contributed by atoms with Crippen LogP contribution < -0.4 is 10.6 Å². The number of hydrogen-bond acceptors (Lipinski definition) is 2. The normalized spacial score (nSPS) is 11.5. The number of aryl methyl sites for hydroxylation is 1. The maximum Gasteiger partial charge on any atom is 0.190 e. The SMILES string of the molecule is CN=C(NCCc1ccc(F)cc1)NCCc1cnn(C)c1. The lowest BCUT2D eigenvalue weighted by atomic mass is 10.1. The lowest BCUT2D eigenvalue weighted by molar-refractivity contribution is 0.626. The summed E-state index contributed by atoms with van der Waals surface area (Å²) in [5, 5.41) is 10.7. The van der Waals surface area contributed by atoms with Crippen LogP contribution in [0.2, 0.25) is 0 Å². The third-order valence-electron chi connectivity index (χ3n) is 3.31. The molecule has 0 radical (unpaired) electrons. The molecule has 0 fully saturated rings. The van der Waals surface area contributed by atoms with Crippen LogP contribution in [0.15, 0.2) is 41.7 Å². The summed E-state index contributed by atoms with van der Waals surface area (Å²) in [6.45, 7) is 1.54. The highest BCUT2D eigenvalue weighted by Crippen LogP contribution is 2.02. The Morgan fingerprint density at radius 2 is 1.77 bits per heavy atom. The minimum absolute atomic E-state index is 0.204. The second-order valence-electron chi connectivity index (χ2n) is 5.07. The molecule has 0 spiro atoms. The van der Waals surface area contributed by atoms with Crippen molar-refractivity contribution >= 4 is 5.96 Å². The fraction of sp³-hybridized carbons (Fsp3) is 0.375. The molecule has 0 bridgehead atoms. The van der Waals surface area contributed by atoms with E-state index in [1.54, 1.807) is 23.9 Å². The first-order valence-corrected chi connectivity index (χ1v) is 7.34. The first-order chi connectivity index (χ1) is 10.7. The quantitative estimate of drug-likeness (QED) is 0.628. The van der Waals surface area contributed by atoms with Gasteiger partial charge in [0.1, 0.15) is 5.82 Å². The van der Waals surface area contributed by atoms with E-state index in [2.05, 4.69) is 20.7 Å². The molecule has 0 aliphatic rings. The van der Waals surface area contributed by atoms with E-state index >= 15 is 0 Å². The van der Waals surface area contributed by atoms with Gasteiger partial charge in [-0.15, -0.1) is 0 Å². The molecule has 22 heavy (non-hydrogen) atoms. The van der Waals surface area contributed by atoms with Crippen LogP contribution in [0.5, 0.6) is 0 Å². The van der Waals surface area contributed by atoms with Crippen LogP contribution in [-0.2, 0) is 19.9 Å². The van der Waals surface area contributed by atoms with Gasteiger partial charge in [0.25, 0.3) is 0 Å². The summed E-state index contributed by atoms with van der Waals surface area (Å²) in [6, 6.07) is 6.57. The molecule has 2 rings (SSSR count). The molecule has 0 saturated heterocycles. The molecule has 0 aliphatic heterocycles. The standard InChI is InChI=1S/C16H22FN5/c1-18-16(20-10-8-14-11-21-22(2)12-14)19-9-7-13-3-5-15(17)6-4-13/h3-6,11-12H,7-10H2,1-2H3,(H2,18,19,20). The minimum Gasteiger partial charge on any atom is -0.356 e. The van der Waals surface area contributed by atoms with E-state index in [1.807, 2.05) is 19.4 Å². The van der Waals surface area contributed by atoms with Crippen LogP contribution >= 0.6 is 0 Å². The van der Waals surface area contributed by atoms with Crippen molar-refractivity contribution in [2.75, 3.05) is 20.1 Å². The highest BCUT2D eigenvalue weighted by atomic mass is 19.1. The number of guanidine groups is 1. The number of halogens is 1. The summed E-state index contributed by atoms with van der Waals surface area (Å²) in [5.74, 6) is 0.565. The van der Waals surface area contributed by atoms with Crippen LogP contribution in [-0.4, -0.2) is 35.9 Å². The predicted molar refractivity (Wildman–Crippen MR) is 86.4 cm³/mol. The number of aliphatic imine (C=N–C) groups is 1. The fourth-order valence-electron chi connectivity index (χ4n) is 2.12. The molecule has 2 N–H and O–H groups in total. The number of hydrogen-bond donors (Lipinski definition) is 2. The Labute approximate surface area is 130 Å². The molecular weight excluding hydrogens is 281 g/mol. The molecule has 0 atom stereocenters. The van der Waals surface area contributed by atoms with E-state index in [0.717, 1.165) is 37.5 Å². The molecule has 0 saturated carbocycles. The van der Waals surface area contributed by atoms with Gasteiger partial charge >= 0.3 is 0 Å². The largest absolute Gasteiger partial charge is 0.356 e. The maximum absolute atomic E-state index is 12.8. The Bertz CT molecular complexity index is 603. The summed E-state index contributed by atoms with van der Waals surface area (Å²) in [4.78, 5) is 4.18. The summed E-state index contributed by atoms with van der Waals surface area (Å²) < 4.78 is 14.6. The molecule has 0 unspecified atom stereocenters. The van der Waals surface area contributed by atoms with Gasteiger partial charge in [0, 0.05) is 33.4 Å². The van der Waals surface area contributed by atoms with E-state index in [0.29, 0.717) is 0 Å². The van der Waals surface area contributed by atoms with Gasteiger partial charge in [0.15, 0.2) is 5.96 Å². The van der Waals surface area contributed by atoms with Crippen molar-refractivity contribution in [3.63, 3.8) is 0 Å². The Kier molecular flexibility index (Phi) is 5.94. The van der Waals surface area contributed by atoms with Gasteiger partial charge in [0.2, 0.25) is 0 Å². The van der Waals surface area contributed by atoms with Gasteiger partial charge < -0.3 is 10.6 Å². The average molecular weight is 303 g/mol. The zero-order chi connectivity index (χ0) is 15.8. The van der Waals surface area contributed by atoms with Crippen molar-refractivity contribution in [1.82, 2.24) is 20.4 Å². The number of benzene rings is 1. The molecule has 5 nitrogen and oxygen atoms in total. The Balaban J connectivity index is 1.67. The van der Waals surface area contributed by atoms with Crippen LogP contribution in [0.4, 0.5) is 4.39 Å². The van der Waals surface area contributed by atoms with E-state index < -0.39 is 0 Å². The highest BCUT2D eigenvalue weighted by molar-refractivity contribution is 5.79. The molecular formula is C16H22FN5. The zero-order valence-corrected chi connectivity index (χ0v) is 13.0. The average Bonchev–Trinajstić information content (AvgIpc) is 2.93. The van der Waals surface area contributed by atoms with E-state index in [-0.39, 0.29) is 5.82 Å². The van der Waals surface area contributed by atoms with Crippen LogP contribution in [0, 0.1) is 5.82 Å². The van der Waals surface area contributed by atoms with Crippen molar-refractivity contribution in [2.24, 2.45) is 12.0 Å². The highest BCUT2D eigenvalue weighted by Gasteiger charge is 2.00. The van der Waals surface area contributed by atoms with Gasteiger partial charge in [-0.05, 0) is 36.1 Å². The van der Waals surface area contributed by atoms with Crippen molar-refractivity contribution in [3.8, 4) is 0 Å². The van der Waals surface area contributed by atoms with Gasteiger partial charge in [-0.2, -0.15) is 5.10 Å². The summed E-state index contributed by atoms with van der Waals surface area (Å²) in [7, 11) is 3.66. The van der Waals surface area contributed by atoms with Crippen molar-refractivity contribution in [3.05, 3.63) is 53.6 Å². The maximum atomic E-state index is 12.8. The summed E-state index contributed by atoms with van der Waals surface area (Å²) in [5.41, 5.74) is 2.29. The smallest absolute Gasteiger partial charge is 0.190 e. The number of aromatic nitrogens is 2. The zero-order valence-electron chi connectivity index (χ0n) is 13.0. The second kappa shape index (κ2) is 8.17. The minimum atomic E-state index is -0.204. The van der Waals surface area contributed by atoms with Crippen molar-refractivity contribution in [1.29, 1.82) is 0 Å². The molecule has 2 aromatic rings. The number of nitrogens with zero attached hydrogens (tertiary/aromatic N) is 3. The van der Waals surface area contributed by atoms with Crippen LogP contribution in [0.1, 0.15) is 11.1 Å². The Morgan fingerprint density at radius 1 is 1.14 bits per heavy atom. The van der Waals surface area contributed by atoms with E-state index in [1.165, 1.54) is 17.7 Å². The molecule has 0 amide bonds. The summed E-state index contributed by atoms with van der Waals surface area (Å²) in [6.07, 6.45) is 5.59. The molecule has 1 aromatic heterocycles. The first kappa shape index (κ1) is 16.0. The van der Waals surface area contributed by atoms with Gasteiger partial charge in [-0.3, -0.25) is 9.67 Å². The monoisotopic (exact) mass is 303 g/mol. The molecule has 118 valence electrons. The van der Waals surface area contributed by atoms with Crippen molar-refractivity contribution in [2.45, 2.75) is 12.8 Å². The topological polar surface area (TPSA) is 54.2 Å². The number of nitrogens with one attached hydrogen (secondary N) is 2. The van der Waals surface area contributed by atoms with Crippen LogP contribution in [0.3, 0.4) is 0 Å². The van der Waals surface area contributed by atoms with E-state index in [9.17, 15) is 4.39 Å². The number of rotatable bonds is 6. The first-order valence-electron chi connectivity index (χ1n) is 7.34. The van der Waals surface area contributed by atoms with Gasteiger partial charge in [-0.25, -0.2) is 4.39 Å². The molecule has 0 aliphatic carbocycles. The lowest BCUT2D eigenvalue weighted by Crippen LogP contribution is -2.39. The van der Waals surface area contributed by atoms with E-state index in [4.69, 9.17) is 0 Å². The van der Waals surface area contributed by atoms with Gasteiger partial charge in [0.05, 0.1) is 6.20 Å². The van der Waals surface area contributed by atoms with Crippen LogP contribution in [0.25, 0.3) is 0 Å². The Hall–Kier alpha value is -2.37. The second-order valence-corrected chi connectivity index (χ2v) is 5.07. The molecule has 1 aromatic carbocycles. The van der Waals surface area contributed by atoms with Gasteiger partial charge in [-0.1, -0.05) is 12.1 Å². The third kappa shape index (κ3) is 5.20. The molecule has 6 heteroatoms.